The molecule has 0 radical (unpaired) electrons. The SMILES string of the molecule is COc1ccc(NC(=O)CNc2cc(Cl)ccc2C(=O)N(C)C)cc1S(=O)(=O)N(C)C. The molecule has 31 heavy (non-hydrogen) atoms. The third-order valence-electron chi connectivity index (χ3n) is 4.26. The van der Waals surface area contributed by atoms with E-state index in [0.29, 0.717) is 16.3 Å². The molecule has 2 aromatic rings. The van der Waals surface area contributed by atoms with Gasteiger partial charge in [-0.05, 0) is 36.4 Å². The number of rotatable bonds is 8. The van der Waals surface area contributed by atoms with Crippen LogP contribution in [0.15, 0.2) is 41.3 Å². The molecule has 0 aliphatic rings. The molecule has 0 aliphatic carbocycles. The van der Waals surface area contributed by atoms with Gasteiger partial charge in [-0.3, -0.25) is 9.59 Å². The summed E-state index contributed by atoms with van der Waals surface area (Å²) in [6.07, 6.45) is 0. The molecule has 0 aliphatic heterocycles. The van der Waals surface area contributed by atoms with E-state index >= 15 is 0 Å². The minimum absolute atomic E-state index is 0.0699. The quantitative estimate of drug-likeness (QED) is 0.615. The second kappa shape index (κ2) is 9.99. The molecule has 0 unspecified atom stereocenters. The highest BCUT2D eigenvalue weighted by Gasteiger charge is 2.23. The van der Waals surface area contributed by atoms with Crippen molar-refractivity contribution in [3.05, 3.63) is 47.0 Å². The molecule has 2 rings (SSSR count). The van der Waals surface area contributed by atoms with Gasteiger partial charge < -0.3 is 20.3 Å². The molecule has 9 nitrogen and oxygen atoms in total. The minimum atomic E-state index is -3.78. The summed E-state index contributed by atoms with van der Waals surface area (Å²) >= 11 is 6.02. The molecule has 0 aromatic heterocycles. The number of methoxy groups -OCH3 is 1. The zero-order chi connectivity index (χ0) is 23.3. The molecule has 0 atom stereocenters. The topological polar surface area (TPSA) is 108 Å². The molecule has 0 saturated carbocycles. The molecule has 0 spiro atoms. The van der Waals surface area contributed by atoms with Crippen LogP contribution in [0.1, 0.15) is 10.4 Å². The van der Waals surface area contributed by atoms with Gasteiger partial charge in [0.15, 0.2) is 0 Å². The van der Waals surface area contributed by atoms with Crippen LogP contribution in [0, 0.1) is 0 Å². The Kier molecular flexibility index (Phi) is 7.88. The third kappa shape index (κ3) is 5.87. The van der Waals surface area contributed by atoms with E-state index in [4.69, 9.17) is 16.3 Å². The van der Waals surface area contributed by atoms with E-state index in [-0.39, 0.29) is 28.8 Å². The normalized spacial score (nSPS) is 11.2. The summed E-state index contributed by atoms with van der Waals surface area (Å²) < 4.78 is 31.2. The van der Waals surface area contributed by atoms with Crippen LogP contribution in [0.3, 0.4) is 0 Å². The minimum Gasteiger partial charge on any atom is -0.495 e. The van der Waals surface area contributed by atoms with Crippen molar-refractivity contribution in [2.24, 2.45) is 0 Å². The zero-order valence-electron chi connectivity index (χ0n) is 17.9. The van der Waals surface area contributed by atoms with Crippen LogP contribution in [0.5, 0.6) is 5.75 Å². The molecule has 0 bridgehead atoms. The molecular weight excluding hydrogens is 444 g/mol. The van der Waals surface area contributed by atoms with Crippen LogP contribution in [-0.2, 0) is 14.8 Å². The van der Waals surface area contributed by atoms with Gasteiger partial charge in [0.25, 0.3) is 5.91 Å². The molecular formula is C20H25ClN4O5S. The maximum atomic E-state index is 12.5. The summed E-state index contributed by atoms with van der Waals surface area (Å²) in [5, 5.41) is 5.94. The first-order chi connectivity index (χ1) is 14.5. The lowest BCUT2D eigenvalue weighted by Crippen LogP contribution is -2.26. The van der Waals surface area contributed by atoms with Gasteiger partial charge in [0, 0.05) is 44.6 Å². The molecule has 168 valence electrons. The first-order valence-corrected chi connectivity index (χ1v) is 10.9. The van der Waals surface area contributed by atoms with Gasteiger partial charge in [0.05, 0.1) is 19.2 Å². The van der Waals surface area contributed by atoms with Gasteiger partial charge in [-0.15, -0.1) is 0 Å². The first-order valence-electron chi connectivity index (χ1n) is 9.13. The summed E-state index contributed by atoms with van der Waals surface area (Å²) in [6.45, 7) is -0.171. The molecule has 2 amide bonds. The van der Waals surface area contributed by atoms with E-state index in [1.165, 1.54) is 44.3 Å². The fourth-order valence-electron chi connectivity index (χ4n) is 2.62. The summed E-state index contributed by atoms with van der Waals surface area (Å²) in [7, 11) is 3.64. The third-order valence-corrected chi connectivity index (χ3v) is 6.33. The van der Waals surface area contributed by atoms with E-state index < -0.39 is 15.9 Å². The van der Waals surface area contributed by atoms with E-state index in [1.807, 2.05) is 0 Å². The standard InChI is InChI=1S/C20H25ClN4O5S/c1-24(2)20(27)15-8-6-13(21)10-16(15)22-12-19(26)23-14-7-9-17(30-5)18(11-14)31(28,29)25(3)4/h6-11,22H,12H2,1-5H3,(H,23,26). The van der Waals surface area contributed by atoms with Crippen molar-refractivity contribution < 1.29 is 22.7 Å². The first kappa shape index (κ1) is 24.4. The highest BCUT2D eigenvalue weighted by atomic mass is 35.5. The van der Waals surface area contributed by atoms with E-state index in [2.05, 4.69) is 10.6 Å². The number of hydrogen-bond acceptors (Lipinski definition) is 6. The van der Waals surface area contributed by atoms with E-state index in [9.17, 15) is 18.0 Å². The number of amides is 2. The number of ether oxygens (including phenoxy) is 1. The van der Waals surface area contributed by atoms with Crippen molar-refractivity contribution in [2.45, 2.75) is 4.90 Å². The Labute approximate surface area is 187 Å². The van der Waals surface area contributed by atoms with Crippen molar-refractivity contribution in [3.63, 3.8) is 0 Å². The maximum absolute atomic E-state index is 12.5. The summed E-state index contributed by atoms with van der Waals surface area (Å²) in [4.78, 5) is 26.1. The monoisotopic (exact) mass is 468 g/mol. The van der Waals surface area contributed by atoms with Crippen LogP contribution in [0.4, 0.5) is 11.4 Å². The molecule has 2 N–H and O–H groups in total. The number of carbonyl (C=O) groups is 2. The van der Waals surface area contributed by atoms with Crippen LogP contribution >= 0.6 is 11.6 Å². The number of halogens is 1. The fraction of sp³-hybridized carbons (Fsp3) is 0.300. The Morgan fingerprint density at radius 2 is 1.74 bits per heavy atom. The van der Waals surface area contributed by atoms with Gasteiger partial charge in [-0.2, -0.15) is 0 Å². The average Bonchev–Trinajstić information content (AvgIpc) is 2.71. The highest BCUT2D eigenvalue weighted by molar-refractivity contribution is 7.89. The largest absolute Gasteiger partial charge is 0.495 e. The molecule has 11 heteroatoms. The predicted molar refractivity (Wildman–Crippen MR) is 120 cm³/mol. The number of sulfonamides is 1. The number of nitrogens with one attached hydrogen (secondary N) is 2. The Bertz CT molecular complexity index is 1090. The fourth-order valence-corrected chi connectivity index (χ4v) is 3.87. The van der Waals surface area contributed by atoms with Crippen LogP contribution in [0.2, 0.25) is 5.02 Å². The van der Waals surface area contributed by atoms with Crippen LogP contribution < -0.4 is 15.4 Å². The van der Waals surface area contributed by atoms with Crippen molar-refractivity contribution in [2.75, 3.05) is 52.5 Å². The lowest BCUT2D eigenvalue weighted by Gasteiger charge is -2.17. The highest BCUT2D eigenvalue weighted by Crippen LogP contribution is 2.29. The number of benzene rings is 2. The van der Waals surface area contributed by atoms with Crippen molar-refractivity contribution in [1.82, 2.24) is 9.21 Å². The number of nitrogens with zero attached hydrogens (tertiary/aromatic N) is 2. The second-order valence-corrected chi connectivity index (χ2v) is 9.50. The molecule has 0 heterocycles. The van der Waals surface area contributed by atoms with Crippen molar-refractivity contribution >= 4 is 44.8 Å². The van der Waals surface area contributed by atoms with Crippen molar-refractivity contribution in [1.29, 1.82) is 0 Å². The Hall–Kier alpha value is -2.82. The van der Waals surface area contributed by atoms with Gasteiger partial charge in [-0.1, -0.05) is 11.6 Å². The Morgan fingerprint density at radius 1 is 1.06 bits per heavy atom. The molecule has 2 aromatic carbocycles. The number of anilines is 2. The second-order valence-electron chi connectivity index (χ2n) is 6.94. The number of hydrogen-bond donors (Lipinski definition) is 2. The van der Waals surface area contributed by atoms with Crippen molar-refractivity contribution in [3.8, 4) is 5.75 Å². The van der Waals surface area contributed by atoms with Gasteiger partial charge in [0.1, 0.15) is 10.6 Å². The lowest BCUT2D eigenvalue weighted by atomic mass is 10.1. The van der Waals surface area contributed by atoms with E-state index in [0.717, 1.165) is 4.31 Å². The zero-order valence-corrected chi connectivity index (χ0v) is 19.5. The van der Waals surface area contributed by atoms with Crippen LogP contribution in [-0.4, -0.2) is 71.3 Å². The smallest absolute Gasteiger partial charge is 0.255 e. The predicted octanol–water partition coefficient (Wildman–Crippen LogP) is 2.35. The summed E-state index contributed by atoms with van der Waals surface area (Å²) in [5.41, 5.74) is 1.06. The van der Waals surface area contributed by atoms with E-state index in [1.54, 1.807) is 32.3 Å². The average molecular weight is 469 g/mol. The molecule has 0 fully saturated rings. The van der Waals surface area contributed by atoms with Gasteiger partial charge in [0.2, 0.25) is 15.9 Å². The lowest BCUT2D eigenvalue weighted by molar-refractivity contribution is -0.114. The van der Waals surface area contributed by atoms with Gasteiger partial charge in [-0.25, -0.2) is 12.7 Å². The van der Waals surface area contributed by atoms with Gasteiger partial charge >= 0.3 is 0 Å². The Balaban J connectivity index is 2.20. The molecule has 0 saturated heterocycles. The summed E-state index contributed by atoms with van der Waals surface area (Å²) in [6, 6.07) is 9.05. The number of carbonyl (C=O) groups excluding carboxylic acids is 2. The maximum Gasteiger partial charge on any atom is 0.255 e. The van der Waals surface area contributed by atoms with Crippen LogP contribution in [0.25, 0.3) is 0 Å². The summed E-state index contributed by atoms with van der Waals surface area (Å²) in [5.74, 6) is -0.523. The Morgan fingerprint density at radius 3 is 2.32 bits per heavy atom.